The van der Waals surface area contributed by atoms with E-state index in [1.807, 2.05) is 0 Å². The summed E-state index contributed by atoms with van der Waals surface area (Å²) in [5, 5.41) is 13.4. The van der Waals surface area contributed by atoms with Crippen molar-refractivity contribution in [1.82, 2.24) is 20.6 Å². The molecule has 1 amide bonds. The molecule has 0 saturated carbocycles. The highest BCUT2D eigenvalue weighted by Gasteiger charge is 2.40. The van der Waals surface area contributed by atoms with Crippen LogP contribution in [0.15, 0.2) is 30.3 Å². The van der Waals surface area contributed by atoms with Gasteiger partial charge in [0, 0.05) is 13.1 Å². The van der Waals surface area contributed by atoms with Crippen LogP contribution in [-0.4, -0.2) is 38.9 Å². The molecule has 2 heterocycles. The van der Waals surface area contributed by atoms with E-state index in [-0.39, 0.29) is 54.6 Å². The van der Waals surface area contributed by atoms with Gasteiger partial charge in [-0.3, -0.25) is 4.90 Å². The Morgan fingerprint density at radius 2 is 1.58 bits per heavy atom. The normalized spacial score (nSPS) is 16.3. The van der Waals surface area contributed by atoms with Gasteiger partial charge in [-0.2, -0.15) is 44.7 Å². The molecule has 17 heteroatoms. The van der Waals surface area contributed by atoms with Gasteiger partial charge in [-0.1, -0.05) is 18.1 Å². The van der Waals surface area contributed by atoms with Crippen LogP contribution in [0.4, 0.5) is 55.9 Å². The fourth-order valence-corrected chi connectivity index (χ4v) is 5.16. The van der Waals surface area contributed by atoms with Gasteiger partial charge in [-0.15, -0.1) is 5.10 Å². The van der Waals surface area contributed by atoms with Crippen molar-refractivity contribution in [2.75, 3.05) is 16.3 Å². The number of aromatic amines is 1. The van der Waals surface area contributed by atoms with E-state index in [0.717, 1.165) is 11.0 Å². The predicted octanol–water partition coefficient (Wildman–Crippen LogP) is 8.10. The third-order valence-electron chi connectivity index (χ3n) is 7.03. The lowest BCUT2D eigenvalue weighted by Crippen LogP contribution is -2.37. The first-order valence-electron chi connectivity index (χ1n) is 13.7. The summed E-state index contributed by atoms with van der Waals surface area (Å²) in [6.07, 6.45) is -15.8. The Morgan fingerprint density at radius 1 is 0.956 bits per heavy atom. The second-order valence-corrected chi connectivity index (χ2v) is 11.5. The number of H-pyrrole nitrogens is 1. The molecule has 1 aliphatic heterocycles. The van der Waals surface area contributed by atoms with E-state index in [1.54, 1.807) is 20.8 Å². The third-order valence-corrected chi connectivity index (χ3v) is 7.03. The Hall–Kier alpha value is -4.05. The fourth-order valence-electron chi connectivity index (χ4n) is 5.16. The molecule has 4 rings (SSSR count). The van der Waals surface area contributed by atoms with Gasteiger partial charge >= 0.3 is 24.6 Å². The number of carbonyl (C=O) groups excluding carboxylic acids is 1. The number of nitrogens with one attached hydrogen (secondary N) is 1. The summed E-state index contributed by atoms with van der Waals surface area (Å²) in [5.41, 5.74) is -5.67. The Morgan fingerprint density at radius 3 is 2.07 bits per heavy atom. The molecule has 45 heavy (non-hydrogen) atoms. The van der Waals surface area contributed by atoms with E-state index in [0.29, 0.717) is 12.1 Å². The van der Waals surface area contributed by atoms with Crippen LogP contribution in [0.5, 0.6) is 0 Å². The van der Waals surface area contributed by atoms with Crippen molar-refractivity contribution in [3.8, 4) is 0 Å². The number of carbonyl (C=O) groups is 1. The zero-order chi connectivity index (χ0) is 33.5. The largest absolute Gasteiger partial charge is 0.443 e. The first kappa shape index (κ1) is 33.8. The van der Waals surface area contributed by atoms with E-state index >= 15 is 0 Å². The smallest absolute Gasteiger partial charge is 0.416 e. The summed E-state index contributed by atoms with van der Waals surface area (Å²) in [5.74, 6) is -0.236. The number of tetrazole rings is 1. The second-order valence-electron chi connectivity index (χ2n) is 11.5. The van der Waals surface area contributed by atoms with Crippen molar-refractivity contribution < 1.29 is 49.0 Å². The van der Waals surface area contributed by atoms with Gasteiger partial charge < -0.3 is 9.64 Å². The van der Waals surface area contributed by atoms with Crippen LogP contribution in [0.3, 0.4) is 0 Å². The third kappa shape index (κ3) is 7.79. The topological polar surface area (TPSA) is 87.2 Å². The lowest BCUT2D eigenvalue weighted by molar-refractivity contribution is -0.143. The van der Waals surface area contributed by atoms with Crippen LogP contribution in [-0.2, 0) is 36.2 Å². The van der Waals surface area contributed by atoms with Gasteiger partial charge in [-0.25, -0.2) is 4.79 Å². The van der Waals surface area contributed by atoms with Gasteiger partial charge in [0.25, 0.3) is 5.95 Å². The molecule has 0 aliphatic carbocycles. The monoisotopic (exact) mass is 652 g/mol. The van der Waals surface area contributed by atoms with Gasteiger partial charge in [0.15, 0.2) is 0 Å². The molecule has 1 atom stereocenters. The van der Waals surface area contributed by atoms with Crippen molar-refractivity contribution in [2.24, 2.45) is 0 Å². The summed E-state index contributed by atoms with van der Waals surface area (Å²) in [7, 11) is 0. The van der Waals surface area contributed by atoms with Crippen molar-refractivity contribution in [3.63, 3.8) is 0 Å². The number of rotatable bonds is 5. The molecular weight excluding hydrogens is 623 g/mol. The van der Waals surface area contributed by atoms with Crippen LogP contribution in [0, 0.1) is 0 Å². The summed E-state index contributed by atoms with van der Waals surface area (Å²) in [4.78, 5) is 15.6. The molecule has 0 unspecified atom stereocenters. The summed E-state index contributed by atoms with van der Waals surface area (Å²) < 4.78 is 130. The summed E-state index contributed by atoms with van der Waals surface area (Å²) >= 11 is 0. The van der Waals surface area contributed by atoms with Crippen molar-refractivity contribution in [2.45, 2.75) is 83.7 Å². The maximum Gasteiger partial charge on any atom is 0.416 e. The number of fused-ring (bicyclic) bond motifs is 1. The number of alkyl halides is 9. The highest BCUT2D eigenvalue weighted by molar-refractivity contribution is 5.90. The Bertz CT molecular complexity index is 1480. The lowest BCUT2D eigenvalue weighted by Gasteiger charge is -2.33. The Kier molecular flexibility index (Phi) is 9.05. The van der Waals surface area contributed by atoms with Crippen molar-refractivity contribution in [3.05, 3.63) is 63.7 Å². The molecule has 8 nitrogen and oxygen atoms in total. The van der Waals surface area contributed by atoms with E-state index in [2.05, 4.69) is 20.6 Å². The van der Waals surface area contributed by atoms with Crippen molar-refractivity contribution in [1.29, 1.82) is 0 Å². The zero-order valence-corrected chi connectivity index (χ0v) is 24.5. The van der Waals surface area contributed by atoms with Gasteiger partial charge in [0.2, 0.25) is 0 Å². The SMILES string of the molecule is CCc1cc2c(cc1C(F)(F)F)N(C(=O)OC(C)(C)C)CCC[C@@H]2N(Cc1cc(C(F)(F)F)cc(C(F)(F)F)c1)c1nn[nH]n1. The average molecular weight is 653 g/mol. The van der Waals surface area contributed by atoms with Gasteiger partial charge in [-0.05, 0) is 86.2 Å². The maximum absolute atomic E-state index is 14.2. The molecule has 0 bridgehead atoms. The highest BCUT2D eigenvalue weighted by atomic mass is 19.4. The number of hydrogen-bond acceptors (Lipinski definition) is 6. The molecular formula is C28H29F9N6O2. The molecule has 0 saturated heterocycles. The molecule has 3 aromatic rings. The number of anilines is 2. The quantitative estimate of drug-likeness (QED) is 0.281. The average Bonchev–Trinajstić information content (AvgIpc) is 3.37. The lowest BCUT2D eigenvalue weighted by atomic mass is 9.93. The van der Waals surface area contributed by atoms with Crippen LogP contribution in [0.25, 0.3) is 0 Å². The minimum atomic E-state index is -5.11. The molecule has 2 aromatic carbocycles. The minimum Gasteiger partial charge on any atom is -0.443 e. The number of aromatic nitrogens is 4. The predicted molar refractivity (Wildman–Crippen MR) is 143 cm³/mol. The number of amides is 1. The number of hydrogen-bond donors (Lipinski definition) is 1. The number of ether oxygens (including phenoxy) is 1. The fraction of sp³-hybridized carbons (Fsp3) is 0.500. The Balaban J connectivity index is 1.93. The number of aryl methyl sites for hydroxylation is 1. The molecule has 1 aliphatic rings. The number of nitrogens with zero attached hydrogens (tertiary/aromatic N) is 5. The van der Waals surface area contributed by atoms with E-state index in [4.69, 9.17) is 4.74 Å². The standard InChI is InChI=1S/C28H29F9N6O2/c1-5-16-11-19-21(7-6-8-42(24(44)45-25(2,3)4)22(19)13-20(16)28(35,36)37)43(23-38-40-41-39-23)14-15-9-17(26(29,30)31)12-18(10-15)27(32,33)34/h9-13,21H,5-8,14H2,1-4H3,(H,38,39,40,41)/t21-/m0/s1. The minimum absolute atomic E-state index is 0.00591. The first-order valence-corrected chi connectivity index (χ1v) is 13.7. The first-order chi connectivity index (χ1) is 20.7. The van der Waals surface area contributed by atoms with E-state index in [9.17, 15) is 44.3 Å². The molecule has 1 aromatic heterocycles. The molecule has 1 N–H and O–H groups in total. The number of benzene rings is 2. The highest BCUT2D eigenvalue weighted by Crippen LogP contribution is 2.45. The maximum atomic E-state index is 14.2. The molecule has 246 valence electrons. The van der Waals surface area contributed by atoms with Crippen LogP contribution >= 0.6 is 0 Å². The van der Waals surface area contributed by atoms with Crippen LogP contribution < -0.4 is 9.80 Å². The van der Waals surface area contributed by atoms with Crippen LogP contribution in [0.1, 0.15) is 80.0 Å². The van der Waals surface area contributed by atoms with E-state index < -0.39 is 65.1 Å². The van der Waals surface area contributed by atoms with Gasteiger partial charge in [0.05, 0.1) is 28.4 Å². The summed E-state index contributed by atoms with van der Waals surface area (Å²) in [6.45, 7) is 5.52. The Labute approximate surface area is 251 Å². The number of halogens is 9. The zero-order valence-electron chi connectivity index (χ0n) is 24.5. The second kappa shape index (κ2) is 12.0. The summed E-state index contributed by atoms with van der Waals surface area (Å²) in [6, 6.07) is 2.15. The van der Waals surface area contributed by atoms with Crippen LogP contribution in [0.2, 0.25) is 0 Å². The van der Waals surface area contributed by atoms with Crippen molar-refractivity contribution >= 4 is 17.7 Å². The molecule has 0 radical (unpaired) electrons. The molecule has 0 spiro atoms. The van der Waals surface area contributed by atoms with Gasteiger partial charge in [0.1, 0.15) is 5.60 Å². The molecule has 0 fully saturated rings. The van der Waals surface area contributed by atoms with E-state index in [1.165, 1.54) is 17.9 Å².